The summed E-state index contributed by atoms with van der Waals surface area (Å²) in [5.74, 6) is -0.775. The van der Waals surface area contributed by atoms with E-state index in [9.17, 15) is 18.0 Å². The lowest BCUT2D eigenvalue weighted by molar-refractivity contribution is -0.133. The Kier molecular flexibility index (Phi) is 3.96. The third-order valence-corrected chi connectivity index (χ3v) is 6.61. The van der Waals surface area contributed by atoms with Crippen molar-refractivity contribution < 1.29 is 18.0 Å². The molecule has 1 aromatic heterocycles. The summed E-state index contributed by atoms with van der Waals surface area (Å²) in [7, 11) is -2.36. The largest absolute Gasteiger partial charge is 0.334 e. The lowest BCUT2D eigenvalue weighted by atomic mass is 10.1. The highest BCUT2D eigenvalue weighted by Gasteiger charge is 2.37. The fourth-order valence-corrected chi connectivity index (χ4v) is 4.85. The fourth-order valence-electron chi connectivity index (χ4n) is 2.80. The number of nitrogens with one attached hydrogen (secondary N) is 1. The highest BCUT2D eigenvalue weighted by Crippen LogP contribution is 2.25. The number of hydrogen-bond acceptors (Lipinski definition) is 5. The Morgan fingerprint density at radius 2 is 2.18 bits per heavy atom. The number of fused-ring (bicyclic) bond motifs is 1. The van der Waals surface area contributed by atoms with E-state index in [1.807, 2.05) is 11.4 Å². The predicted octanol–water partition coefficient (Wildman–Crippen LogP) is 0.0880. The molecule has 0 saturated carbocycles. The summed E-state index contributed by atoms with van der Waals surface area (Å²) in [6.07, 6.45) is 1.28. The van der Waals surface area contributed by atoms with Gasteiger partial charge in [-0.2, -0.15) is 12.7 Å². The molecule has 1 atom stereocenters. The van der Waals surface area contributed by atoms with Gasteiger partial charge in [0, 0.05) is 31.4 Å². The van der Waals surface area contributed by atoms with Crippen LogP contribution in [0.1, 0.15) is 23.3 Å². The quantitative estimate of drug-likeness (QED) is 0.842. The molecule has 0 bridgehead atoms. The fraction of sp³-hybridized carbons (Fsp3) is 0.538. The summed E-state index contributed by atoms with van der Waals surface area (Å²) >= 11 is 1.62. The minimum atomic E-state index is -3.88. The van der Waals surface area contributed by atoms with E-state index in [1.54, 1.807) is 11.3 Å². The van der Waals surface area contributed by atoms with Crippen LogP contribution in [0.25, 0.3) is 0 Å². The van der Waals surface area contributed by atoms with Crippen LogP contribution in [-0.2, 0) is 32.8 Å². The average molecular weight is 343 g/mol. The summed E-state index contributed by atoms with van der Waals surface area (Å²) < 4.78 is 28.1. The zero-order valence-electron chi connectivity index (χ0n) is 12.1. The summed E-state index contributed by atoms with van der Waals surface area (Å²) in [5, 5.41) is 1.94. The second-order valence-electron chi connectivity index (χ2n) is 5.48. The van der Waals surface area contributed by atoms with Crippen molar-refractivity contribution in [2.24, 2.45) is 0 Å². The number of likely N-dealkylation sites (N-methyl/N-ethyl adjacent to an activating group) is 1. The van der Waals surface area contributed by atoms with Crippen LogP contribution in [0.5, 0.6) is 0 Å². The Labute approximate surface area is 133 Å². The molecule has 3 heterocycles. The molecule has 2 amide bonds. The molecule has 7 nitrogen and oxygen atoms in total. The van der Waals surface area contributed by atoms with E-state index in [0.717, 1.165) is 5.56 Å². The molecule has 2 aliphatic rings. The lowest BCUT2D eigenvalue weighted by Gasteiger charge is -2.27. The van der Waals surface area contributed by atoms with Gasteiger partial charge >= 0.3 is 10.2 Å². The normalized spacial score (nSPS) is 22.7. The molecule has 2 aliphatic heterocycles. The van der Waals surface area contributed by atoms with Crippen LogP contribution in [0, 0.1) is 0 Å². The molecule has 0 aromatic carbocycles. The van der Waals surface area contributed by atoms with E-state index in [2.05, 4.69) is 4.72 Å². The maximum atomic E-state index is 12.4. The summed E-state index contributed by atoms with van der Waals surface area (Å²) in [6.45, 7) is 0.635. The van der Waals surface area contributed by atoms with Crippen LogP contribution in [0.15, 0.2) is 11.4 Å². The van der Waals surface area contributed by atoms with Crippen LogP contribution >= 0.6 is 11.3 Å². The summed E-state index contributed by atoms with van der Waals surface area (Å²) in [4.78, 5) is 26.1. The van der Waals surface area contributed by atoms with Gasteiger partial charge in [-0.3, -0.25) is 9.59 Å². The van der Waals surface area contributed by atoms with E-state index in [-0.39, 0.29) is 18.9 Å². The maximum Gasteiger partial charge on any atom is 0.304 e. The van der Waals surface area contributed by atoms with E-state index in [4.69, 9.17) is 0 Å². The highest BCUT2D eigenvalue weighted by molar-refractivity contribution is 7.87. The van der Waals surface area contributed by atoms with Crippen molar-refractivity contribution in [2.75, 3.05) is 13.6 Å². The van der Waals surface area contributed by atoms with Gasteiger partial charge in [-0.05, 0) is 29.9 Å². The van der Waals surface area contributed by atoms with Crippen molar-refractivity contribution in [3.8, 4) is 0 Å². The number of rotatable bonds is 3. The van der Waals surface area contributed by atoms with Gasteiger partial charge in [0.1, 0.15) is 6.04 Å². The summed E-state index contributed by atoms with van der Waals surface area (Å²) in [5.41, 5.74) is 0.988. The number of carbonyl (C=O) groups is 2. The van der Waals surface area contributed by atoms with E-state index < -0.39 is 22.2 Å². The van der Waals surface area contributed by atoms with Crippen LogP contribution < -0.4 is 4.72 Å². The molecular weight excluding hydrogens is 326 g/mol. The number of amides is 2. The van der Waals surface area contributed by atoms with Crippen molar-refractivity contribution in [1.82, 2.24) is 13.9 Å². The number of nitrogens with zero attached hydrogens (tertiary/aromatic N) is 2. The molecule has 0 spiro atoms. The van der Waals surface area contributed by atoms with Crippen molar-refractivity contribution in [2.45, 2.75) is 31.8 Å². The minimum Gasteiger partial charge on any atom is -0.334 e. The molecule has 22 heavy (non-hydrogen) atoms. The highest BCUT2D eigenvalue weighted by atomic mass is 32.2. The van der Waals surface area contributed by atoms with Crippen molar-refractivity contribution >= 4 is 33.4 Å². The van der Waals surface area contributed by atoms with Crippen LogP contribution in [-0.4, -0.2) is 49.1 Å². The van der Waals surface area contributed by atoms with E-state index in [0.29, 0.717) is 19.4 Å². The Balaban J connectivity index is 1.69. The second kappa shape index (κ2) is 5.64. The number of hydrogen-bond donors (Lipinski definition) is 1. The van der Waals surface area contributed by atoms with Gasteiger partial charge < -0.3 is 4.90 Å². The first kappa shape index (κ1) is 15.4. The van der Waals surface area contributed by atoms with Crippen molar-refractivity contribution in [1.29, 1.82) is 0 Å². The van der Waals surface area contributed by atoms with Gasteiger partial charge in [0.25, 0.3) is 5.91 Å². The minimum absolute atomic E-state index is 0.140. The van der Waals surface area contributed by atoms with Crippen molar-refractivity contribution in [3.63, 3.8) is 0 Å². The molecule has 0 aliphatic carbocycles. The second-order valence-corrected chi connectivity index (χ2v) is 8.15. The van der Waals surface area contributed by atoms with E-state index in [1.165, 1.54) is 21.1 Å². The molecular formula is C13H17N3O4S2. The lowest BCUT2D eigenvalue weighted by Crippen LogP contribution is -2.50. The Bertz CT molecular complexity index is 713. The third-order valence-electron chi connectivity index (χ3n) is 4.14. The van der Waals surface area contributed by atoms with Gasteiger partial charge in [0.2, 0.25) is 5.91 Å². The van der Waals surface area contributed by atoms with Gasteiger partial charge in [-0.25, -0.2) is 4.72 Å². The molecule has 1 aromatic rings. The molecule has 3 rings (SSSR count). The average Bonchev–Trinajstić information content (AvgIpc) is 3.05. The number of likely N-dealkylation sites (tertiary alicyclic amines) is 1. The number of thiophene rings is 1. The van der Waals surface area contributed by atoms with Gasteiger partial charge in [0.15, 0.2) is 0 Å². The van der Waals surface area contributed by atoms with Gasteiger partial charge in [-0.1, -0.05) is 0 Å². The Hall–Kier alpha value is -1.45. The Morgan fingerprint density at radius 1 is 1.41 bits per heavy atom. The molecule has 1 fully saturated rings. The molecule has 0 unspecified atom stereocenters. The first-order valence-electron chi connectivity index (χ1n) is 7.01. The SMILES string of the molecule is CN1C(=O)CC[C@@H]1C(=O)NS(=O)(=O)N1CCc2sccc2C1. The van der Waals surface area contributed by atoms with Crippen LogP contribution in [0.3, 0.4) is 0 Å². The van der Waals surface area contributed by atoms with Gasteiger partial charge in [0.05, 0.1) is 0 Å². The standard InChI is InChI=1S/C13H17N3O4S2/c1-15-10(2-3-12(15)17)13(18)14-22(19,20)16-6-4-11-9(8-16)5-7-21-11/h5,7,10H,2-4,6,8H2,1H3,(H,14,18)/t10-/m1/s1. The topological polar surface area (TPSA) is 86.8 Å². The molecule has 1 N–H and O–H groups in total. The van der Waals surface area contributed by atoms with Crippen LogP contribution in [0.4, 0.5) is 0 Å². The smallest absolute Gasteiger partial charge is 0.304 e. The first-order valence-corrected chi connectivity index (χ1v) is 9.33. The van der Waals surface area contributed by atoms with Crippen molar-refractivity contribution in [3.05, 3.63) is 21.9 Å². The van der Waals surface area contributed by atoms with Crippen LogP contribution in [0.2, 0.25) is 0 Å². The Morgan fingerprint density at radius 3 is 2.86 bits per heavy atom. The molecule has 9 heteroatoms. The predicted molar refractivity (Wildman–Crippen MR) is 81.3 cm³/mol. The zero-order valence-corrected chi connectivity index (χ0v) is 13.7. The molecule has 1 saturated heterocycles. The summed E-state index contributed by atoms with van der Waals surface area (Å²) in [6, 6.07) is 1.20. The molecule has 0 radical (unpaired) electrons. The first-order chi connectivity index (χ1) is 10.4. The zero-order chi connectivity index (χ0) is 15.9. The van der Waals surface area contributed by atoms with Gasteiger partial charge in [-0.15, -0.1) is 11.3 Å². The maximum absolute atomic E-state index is 12.4. The monoisotopic (exact) mass is 343 g/mol. The molecule has 120 valence electrons. The number of carbonyl (C=O) groups excluding carboxylic acids is 2. The van der Waals surface area contributed by atoms with E-state index >= 15 is 0 Å². The third kappa shape index (κ3) is 2.75.